The van der Waals surface area contributed by atoms with E-state index in [1.807, 2.05) is 0 Å². The van der Waals surface area contributed by atoms with Gasteiger partial charge >= 0.3 is 0 Å². The van der Waals surface area contributed by atoms with Gasteiger partial charge in [0.15, 0.2) is 5.82 Å². The monoisotopic (exact) mass is 287 g/mol. The van der Waals surface area contributed by atoms with E-state index in [1.54, 1.807) is 0 Å². The Bertz CT molecular complexity index is 325. The molecule has 3 nitrogen and oxygen atoms in total. The Kier molecular flexibility index (Phi) is 4.09. The Hall–Kier alpha value is -0.710. The van der Waals surface area contributed by atoms with Crippen molar-refractivity contribution in [1.82, 2.24) is 9.97 Å². The summed E-state index contributed by atoms with van der Waals surface area (Å²) in [6.45, 7) is 0.871. The molecular weight excluding hydrogens is 273 g/mol. The molecule has 0 amide bonds. The van der Waals surface area contributed by atoms with Crippen molar-refractivity contribution in [1.29, 1.82) is 0 Å². The number of hydrogen-bond acceptors (Lipinski definition) is 3. The van der Waals surface area contributed by atoms with E-state index in [4.69, 9.17) is 0 Å². The van der Waals surface area contributed by atoms with E-state index >= 15 is 0 Å². The Morgan fingerprint density at radius 1 is 1.31 bits per heavy atom. The molecule has 1 aliphatic carbocycles. The molecule has 1 aromatic rings. The van der Waals surface area contributed by atoms with E-state index in [9.17, 15) is 4.39 Å². The highest BCUT2D eigenvalue weighted by atomic mass is 79.9. The van der Waals surface area contributed by atoms with Gasteiger partial charge in [-0.15, -0.1) is 0 Å². The van der Waals surface area contributed by atoms with Crippen LogP contribution in [0.4, 0.5) is 10.3 Å². The van der Waals surface area contributed by atoms with Crippen molar-refractivity contribution in [2.24, 2.45) is 0 Å². The van der Waals surface area contributed by atoms with Crippen molar-refractivity contribution in [3.63, 3.8) is 0 Å². The highest BCUT2D eigenvalue weighted by molar-refractivity contribution is 9.09. The predicted octanol–water partition coefficient (Wildman–Crippen LogP) is 2.76. The molecule has 88 valence electrons. The topological polar surface area (TPSA) is 29.0 Å². The quantitative estimate of drug-likeness (QED) is 0.798. The maximum atomic E-state index is 12.8. The fourth-order valence-electron chi connectivity index (χ4n) is 2.21. The summed E-state index contributed by atoms with van der Waals surface area (Å²) in [5.74, 6) is 0.265. The third-order valence-electron chi connectivity index (χ3n) is 2.95. The number of nitrogens with zero attached hydrogens (tertiary/aromatic N) is 3. The van der Waals surface area contributed by atoms with Crippen molar-refractivity contribution < 1.29 is 4.39 Å². The SMILES string of the molecule is Fc1cnc(N(CCBr)C2CCCC2)nc1. The van der Waals surface area contributed by atoms with Crippen LogP contribution in [-0.2, 0) is 0 Å². The Morgan fingerprint density at radius 3 is 2.50 bits per heavy atom. The van der Waals surface area contributed by atoms with E-state index < -0.39 is 0 Å². The number of anilines is 1. The molecular formula is C11H15BrFN3. The first-order valence-electron chi connectivity index (χ1n) is 5.61. The zero-order valence-corrected chi connectivity index (χ0v) is 10.7. The number of aromatic nitrogens is 2. The van der Waals surface area contributed by atoms with Gasteiger partial charge in [-0.05, 0) is 12.8 Å². The minimum absolute atomic E-state index is 0.381. The number of alkyl halides is 1. The smallest absolute Gasteiger partial charge is 0.225 e. The summed E-state index contributed by atoms with van der Waals surface area (Å²) >= 11 is 3.44. The molecule has 1 aromatic heterocycles. The zero-order valence-electron chi connectivity index (χ0n) is 9.07. The standard InChI is InChI=1S/C11H15BrFN3/c12-5-6-16(10-3-1-2-4-10)11-14-7-9(13)8-15-11/h7-8,10H,1-6H2. The Balaban J connectivity index is 2.14. The highest BCUT2D eigenvalue weighted by Crippen LogP contribution is 2.26. The van der Waals surface area contributed by atoms with Gasteiger partial charge in [0.2, 0.25) is 5.95 Å². The maximum absolute atomic E-state index is 12.8. The second kappa shape index (κ2) is 5.57. The lowest BCUT2D eigenvalue weighted by Gasteiger charge is -2.28. The van der Waals surface area contributed by atoms with E-state index in [1.165, 1.54) is 38.1 Å². The fourth-order valence-corrected chi connectivity index (χ4v) is 2.59. The summed E-state index contributed by atoms with van der Waals surface area (Å²) in [5, 5.41) is 0.879. The molecule has 0 saturated heterocycles. The lowest BCUT2D eigenvalue weighted by Crippen LogP contribution is -2.36. The molecule has 1 aliphatic rings. The summed E-state index contributed by atoms with van der Waals surface area (Å²) in [5.41, 5.74) is 0. The molecule has 0 N–H and O–H groups in total. The molecule has 0 atom stereocenters. The number of hydrogen-bond donors (Lipinski definition) is 0. The van der Waals surface area contributed by atoms with Crippen LogP contribution in [0.5, 0.6) is 0 Å². The van der Waals surface area contributed by atoms with Crippen molar-refractivity contribution in [2.45, 2.75) is 31.7 Å². The summed E-state index contributed by atoms with van der Waals surface area (Å²) < 4.78 is 12.8. The van der Waals surface area contributed by atoms with Gasteiger partial charge in [-0.25, -0.2) is 14.4 Å². The molecule has 16 heavy (non-hydrogen) atoms. The molecule has 0 aliphatic heterocycles. The first-order chi connectivity index (χ1) is 7.81. The lowest BCUT2D eigenvalue weighted by atomic mass is 10.2. The first-order valence-corrected chi connectivity index (χ1v) is 6.73. The van der Waals surface area contributed by atoms with Gasteiger partial charge in [-0.1, -0.05) is 28.8 Å². The second-order valence-corrected chi connectivity index (χ2v) is 4.81. The van der Waals surface area contributed by atoms with Crippen LogP contribution >= 0.6 is 15.9 Å². The summed E-state index contributed by atoms with van der Waals surface area (Å²) in [6.07, 6.45) is 7.38. The van der Waals surface area contributed by atoms with E-state index in [0.717, 1.165) is 11.9 Å². The van der Waals surface area contributed by atoms with Crippen LogP contribution in [0.1, 0.15) is 25.7 Å². The predicted molar refractivity (Wildman–Crippen MR) is 65.4 cm³/mol. The molecule has 0 bridgehead atoms. The molecule has 2 rings (SSSR count). The second-order valence-electron chi connectivity index (χ2n) is 4.02. The molecule has 1 heterocycles. The Labute approximate surface area is 103 Å². The van der Waals surface area contributed by atoms with Gasteiger partial charge in [-0.2, -0.15) is 0 Å². The zero-order chi connectivity index (χ0) is 11.4. The largest absolute Gasteiger partial charge is 0.337 e. The van der Waals surface area contributed by atoms with Crippen LogP contribution in [0.15, 0.2) is 12.4 Å². The van der Waals surface area contributed by atoms with Gasteiger partial charge in [0, 0.05) is 17.9 Å². The molecule has 0 unspecified atom stereocenters. The average molecular weight is 288 g/mol. The minimum Gasteiger partial charge on any atom is -0.337 e. The van der Waals surface area contributed by atoms with Crippen LogP contribution in [-0.4, -0.2) is 27.9 Å². The average Bonchev–Trinajstić information content (AvgIpc) is 2.81. The minimum atomic E-state index is -0.381. The number of halogens is 2. The summed E-state index contributed by atoms with van der Waals surface area (Å²) in [6, 6.07) is 0.517. The van der Waals surface area contributed by atoms with Crippen molar-refractivity contribution in [2.75, 3.05) is 16.8 Å². The lowest BCUT2D eigenvalue weighted by molar-refractivity contribution is 0.588. The highest BCUT2D eigenvalue weighted by Gasteiger charge is 2.23. The van der Waals surface area contributed by atoms with Crippen molar-refractivity contribution in [3.8, 4) is 0 Å². The van der Waals surface area contributed by atoms with Crippen LogP contribution in [0.3, 0.4) is 0 Å². The van der Waals surface area contributed by atoms with Crippen molar-refractivity contribution >= 4 is 21.9 Å². The Morgan fingerprint density at radius 2 is 1.94 bits per heavy atom. The maximum Gasteiger partial charge on any atom is 0.225 e. The van der Waals surface area contributed by atoms with Gasteiger partial charge in [-0.3, -0.25) is 0 Å². The normalized spacial score (nSPS) is 16.6. The van der Waals surface area contributed by atoms with Crippen molar-refractivity contribution in [3.05, 3.63) is 18.2 Å². The molecule has 5 heteroatoms. The first kappa shape index (κ1) is 11.8. The third kappa shape index (κ3) is 2.70. The van der Waals surface area contributed by atoms with Crippen LogP contribution in [0, 0.1) is 5.82 Å². The van der Waals surface area contributed by atoms with E-state index in [0.29, 0.717) is 12.0 Å². The van der Waals surface area contributed by atoms with E-state index in [-0.39, 0.29) is 5.82 Å². The molecule has 1 fully saturated rings. The molecule has 0 aromatic carbocycles. The fraction of sp³-hybridized carbons (Fsp3) is 0.636. The number of rotatable bonds is 4. The van der Waals surface area contributed by atoms with Gasteiger partial charge in [0.1, 0.15) is 0 Å². The molecule has 0 spiro atoms. The molecule has 0 radical (unpaired) electrons. The third-order valence-corrected chi connectivity index (χ3v) is 3.31. The molecule has 1 saturated carbocycles. The van der Waals surface area contributed by atoms with Crippen LogP contribution in [0.25, 0.3) is 0 Å². The van der Waals surface area contributed by atoms with E-state index in [2.05, 4.69) is 30.8 Å². The van der Waals surface area contributed by atoms with Gasteiger partial charge < -0.3 is 4.90 Å². The summed E-state index contributed by atoms with van der Waals surface area (Å²) in [7, 11) is 0. The van der Waals surface area contributed by atoms with Crippen LogP contribution < -0.4 is 4.90 Å². The van der Waals surface area contributed by atoms with Gasteiger partial charge in [0.05, 0.1) is 12.4 Å². The summed E-state index contributed by atoms with van der Waals surface area (Å²) in [4.78, 5) is 10.3. The van der Waals surface area contributed by atoms with Crippen LogP contribution in [0.2, 0.25) is 0 Å². The van der Waals surface area contributed by atoms with Gasteiger partial charge in [0.25, 0.3) is 0 Å².